The first-order chi connectivity index (χ1) is 6.64. The summed E-state index contributed by atoms with van der Waals surface area (Å²) < 4.78 is 11.4. The molecule has 0 radical (unpaired) electrons. The Morgan fingerprint density at radius 1 is 1.29 bits per heavy atom. The molecule has 3 heteroatoms. The second kappa shape index (κ2) is 5.69. The summed E-state index contributed by atoms with van der Waals surface area (Å²) >= 11 is 0. The minimum absolute atomic E-state index is 0.139. The van der Waals surface area contributed by atoms with Crippen molar-refractivity contribution in [2.24, 2.45) is 0 Å². The van der Waals surface area contributed by atoms with Crippen molar-refractivity contribution in [3.63, 3.8) is 0 Å². The maximum Gasteiger partial charge on any atom is 0.0858 e. The van der Waals surface area contributed by atoms with Crippen LogP contribution in [0.25, 0.3) is 0 Å². The Balaban J connectivity index is 2.17. The highest BCUT2D eigenvalue weighted by molar-refractivity contribution is 4.72. The molecule has 0 aromatic heterocycles. The molecule has 1 rings (SSSR count). The van der Waals surface area contributed by atoms with Crippen molar-refractivity contribution in [2.75, 3.05) is 26.3 Å². The van der Waals surface area contributed by atoms with E-state index < -0.39 is 0 Å². The van der Waals surface area contributed by atoms with E-state index in [2.05, 4.69) is 19.2 Å². The van der Waals surface area contributed by atoms with Crippen molar-refractivity contribution in [2.45, 2.75) is 45.3 Å². The van der Waals surface area contributed by atoms with Gasteiger partial charge in [0.15, 0.2) is 0 Å². The molecule has 0 aromatic rings. The normalized spacial score (nSPS) is 19.9. The molecule has 1 aliphatic rings. The highest BCUT2D eigenvalue weighted by atomic mass is 16.5. The third-order valence-corrected chi connectivity index (χ3v) is 2.49. The van der Waals surface area contributed by atoms with Gasteiger partial charge < -0.3 is 14.8 Å². The molecule has 1 N–H and O–H groups in total. The Morgan fingerprint density at radius 3 is 2.50 bits per heavy atom. The standard InChI is InChI=1S/C11H23NO2/c1-4-14-11(2,3)9-13-10-5-7-12-8-6-10/h10,12H,4-9H2,1-3H3. The first-order valence-corrected chi connectivity index (χ1v) is 5.60. The van der Waals surface area contributed by atoms with E-state index in [1.165, 1.54) is 0 Å². The molecule has 0 spiro atoms. The van der Waals surface area contributed by atoms with Crippen LogP contribution < -0.4 is 5.32 Å². The molecule has 0 aliphatic carbocycles. The zero-order valence-corrected chi connectivity index (χ0v) is 9.64. The zero-order valence-electron chi connectivity index (χ0n) is 9.64. The zero-order chi connectivity index (χ0) is 10.4. The van der Waals surface area contributed by atoms with Crippen molar-refractivity contribution in [3.8, 4) is 0 Å². The lowest BCUT2D eigenvalue weighted by atomic mass is 10.1. The lowest BCUT2D eigenvalue weighted by molar-refractivity contribution is -0.0951. The van der Waals surface area contributed by atoms with Crippen molar-refractivity contribution in [1.29, 1.82) is 0 Å². The third-order valence-electron chi connectivity index (χ3n) is 2.49. The van der Waals surface area contributed by atoms with E-state index in [0.717, 1.165) is 32.5 Å². The average molecular weight is 201 g/mol. The van der Waals surface area contributed by atoms with Crippen molar-refractivity contribution < 1.29 is 9.47 Å². The maximum absolute atomic E-state index is 5.84. The lowest BCUT2D eigenvalue weighted by Gasteiger charge is -2.29. The van der Waals surface area contributed by atoms with E-state index in [4.69, 9.17) is 9.47 Å². The third kappa shape index (κ3) is 4.40. The fourth-order valence-corrected chi connectivity index (χ4v) is 1.71. The minimum Gasteiger partial charge on any atom is -0.375 e. The Morgan fingerprint density at radius 2 is 1.93 bits per heavy atom. The molecule has 84 valence electrons. The van der Waals surface area contributed by atoms with E-state index in [1.807, 2.05) is 6.92 Å². The van der Waals surface area contributed by atoms with Crippen LogP contribution in [0.3, 0.4) is 0 Å². The maximum atomic E-state index is 5.84. The molecular weight excluding hydrogens is 178 g/mol. The summed E-state index contributed by atoms with van der Waals surface area (Å²) in [5, 5.41) is 3.33. The van der Waals surface area contributed by atoms with Crippen molar-refractivity contribution >= 4 is 0 Å². The Bertz CT molecular complexity index is 153. The Kier molecular flexibility index (Phi) is 4.85. The van der Waals surface area contributed by atoms with E-state index in [1.54, 1.807) is 0 Å². The Hall–Kier alpha value is -0.120. The molecule has 1 fully saturated rings. The monoisotopic (exact) mass is 201 g/mol. The van der Waals surface area contributed by atoms with Gasteiger partial charge in [0, 0.05) is 6.61 Å². The van der Waals surface area contributed by atoms with Crippen molar-refractivity contribution in [3.05, 3.63) is 0 Å². The number of rotatable bonds is 5. The molecule has 1 heterocycles. The quantitative estimate of drug-likeness (QED) is 0.732. The van der Waals surface area contributed by atoms with Gasteiger partial charge in [-0.3, -0.25) is 0 Å². The number of piperidine rings is 1. The highest BCUT2D eigenvalue weighted by Crippen LogP contribution is 2.14. The minimum atomic E-state index is -0.139. The van der Waals surface area contributed by atoms with Gasteiger partial charge in [0.2, 0.25) is 0 Å². The van der Waals surface area contributed by atoms with Gasteiger partial charge in [0.05, 0.1) is 18.3 Å². The van der Waals surface area contributed by atoms with Gasteiger partial charge in [-0.2, -0.15) is 0 Å². The Labute approximate surface area is 87.2 Å². The van der Waals surface area contributed by atoms with E-state index >= 15 is 0 Å². The molecule has 0 saturated carbocycles. The lowest BCUT2D eigenvalue weighted by Crippen LogP contribution is -2.37. The molecule has 3 nitrogen and oxygen atoms in total. The summed E-state index contributed by atoms with van der Waals surface area (Å²) in [4.78, 5) is 0. The van der Waals surface area contributed by atoms with E-state index in [0.29, 0.717) is 12.7 Å². The largest absolute Gasteiger partial charge is 0.375 e. The molecular formula is C11H23NO2. The molecule has 0 unspecified atom stereocenters. The second-order valence-corrected chi connectivity index (χ2v) is 4.45. The second-order valence-electron chi connectivity index (χ2n) is 4.45. The number of ether oxygens (including phenoxy) is 2. The van der Waals surface area contributed by atoms with Gasteiger partial charge in [-0.15, -0.1) is 0 Å². The number of hydrogen-bond acceptors (Lipinski definition) is 3. The fraction of sp³-hybridized carbons (Fsp3) is 1.00. The van der Waals surface area contributed by atoms with Gasteiger partial charge in [0.1, 0.15) is 0 Å². The van der Waals surface area contributed by atoms with Crippen LogP contribution in [0.15, 0.2) is 0 Å². The average Bonchev–Trinajstić information content (AvgIpc) is 2.17. The molecule has 0 bridgehead atoms. The summed E-state index contributed by atoms with van der Waals surface area (Å²) in [6.45, 7) is 9.80. The first-order valence-electron chi connectivity index (χ1n) is 5.60. The van der Waals surface area contributed by atoms with Gasteiger partial charge in [-0.1, -0.05) is 0 Å². The first kappa shape index (κ1) is 12.0. The molecule has 1 saturated heterocycles. The summed E-state index contributed by atoms with van der Waals surface area (Å²) in [7, 11) is 0. The van der Waals surface area contributed by atoms with Gasteiger partial charge in [-0.25, -0.2) is 0 Å². The van der Waals surface area contributed by atoms with Crippen molar-refractivity contribution in [1.82, 2.24) is 5.32 Å². The summed E-state index contributed by atoms with van der Waals surface area (Å²) in [5.41, 5.74) is -0.139. The van der Waals surface area contributed by atoms with Crippen LogP contribution in [0.4, 0.5) is 0 Å². The van der Waals surface area contributed by atoms with Crippen LogP contribution in [0, 0.1) is 0 Å². The topological polar surface area (TPSA) is 30.5 Å². The summed E-state index contributed by atoms with van der Waals surface area (Å²) in [6.07, 6.45) is 2.68. The van der Waals surface area contributed by atoms with Gasteiger partial charge >= 0.3 is 0 Å². The SMILES string of the molecule is CCOC(C)(C)COC1CCNCC1. The van der Waals surface area contributed by atoms with Crippen LogP contribution in [0.1, 0.15) is 33.6 Å². The van der Waals surface area contributed by atoms with Crippen LogP contribution in [-0.4, -0.2) is 38.0 Å². The van der Waals surface area contributed by atoms with Gasteiger partial charge in [-0.05, 0) is 46.7 Å². The number of hydrogen-bond donors (Lipinski definition) is 1. The predicted molar refractivity (Wildman–Crippen MR) is 57.5 cm³/mol. The molecule has 0 amide bonds. The molecule has 0 aromatic carbocycles. The van der Waals surface area contributed by atoms with E-state index in [9.17, 15) is 0 Å². The van der Waals surface area contributed by atoms with Crippen LogP contribution in [-0.2, 0) is 9.47 Å². The van der Waals surface area contributed by atoms with E-state index in [-0.39, 0.29) is 5.60 Å². The highest BCUT2D eigenvalue weighted by Gasteiger charge is 2.21. The summed E-state index contributed by atoms with van der Waals surface area (Å²) in [5.74, 6) is 0. The van der Waals surface area contributed by atoms with Gasteiger partial charge in [0.25, 0.3) is 0 Å². The van der Waals surface area contributed by atoms with Crippen LogP contribution in [0.2, 0.25) is 0 Å². The van der Waals surface area contributed by atoms with Crippen LogP contribution in [0.5, 0.6) is 0 Å². The van der Waals surface area contributed by atoms with Crippen LogP contribution >= 0.6 is 0 Å². The molecule has 1 aliphatic heterocycles. The predicted octanol–water partition coefficient (Wildman–Crippen LogP) is 1.57. The molecule has 14 heavy (non-hydrogen) atoms. The molecule has 0 atom stereocenters. The fourth-order valence-electron chi connectivity index (χ4n) is 1.71. The summed E-state index contributed by atoms with van der Waals surface area (Å²) in [6, 6.07) is 0. The smallest absolute Gasteiger partial charge is 0.0858 e. The number of nitrogens with one attached hydrogen (secondary N) is 1.